The minimum Gasteiger partial charge on any atom is -0.355 e. The summed E-state index contributed by atoms with van der Waals surface area (Å²) >= 11 is 0. The second-order valence-corrected chi connectivity index (χ2v) is 8.44. The van der Waals surface area contributed by atoms with E-state index in [1.165, 1.54) is 11.1 Å². The number of rotatable bonds is 3. The van der Waals surface area contributed by atoms with Crippen molar-refractivity contribution in [3.8, 4) is 6.07 Å². The highest BCUT2D eigenvalue weighted by molar-refractivity contribution is 5.56. The molecule has 2 aromatic rings. The van der Waals surface area contributed by atoms with Crippen molar-refractivity contribution in [3.63, 3.8) is 0 Å². The van der Waals surface area contributed by atoms with Crippen molar-refractivity contribution in [1.29, 1.82) is 5.26 Å². The molecule has 0 radical (unpaired) electrons. The number of hydrogen-bond acceptors (Lipinski definition) is 4. The van der Waals surface area contributed by atoms with Gasteiger partial charge in [-0.3, -0.25) is 4.90 Å². The predicted molar refractivity (Wildman–Crippen MR) is 109 cm³/mol. The van der Waals surface area contributed by atoms with E-state index in [1.54, 1.807) is 0 Å². The van der Waals surface area contributed by atoms with Gasteiger partial charge in [-0.05, 0) is 49.1 Å². The minimum absolute atomic E-state index is 0.365. The average Bonchev–Trinajstić information content (AvgIpc) is 3.18. The molecule has 0 unspecified atom stereocenters. The zero-order valence-corrected chi connectivity index (χ0v) is 16.7. The van der Waals surface area contributed by atoms with Crippen molar-refractivity contribution in [2.45, 2.75) is 32.7 Å². The number of fused-ring (bicyclic) bond motifs is 1. The molecule has 0 N–H and O–H groups in total. The van der Waals surface area contributed by atoms with Gasteiger partial charge in [0.15, 0.2) is 0 Å². The van der Waals surface area contributed by atoms with Crippen LogP contribution in [0.1, 0.15) is 48.2 Å². The number of nitrogens with zero attached hydrogens (tertiary/aromatic N) is 4. The Balaban J connectivity index is 1.65. The minimum atomic E-state index is 0.365. The molecular weight excluding hydrogens is 332 g/mol. The topological polar surface area (TPSA) is 43.2 Å². The molecule has 0 saturated carbocycles. The first kappa shape index (κ1) is 18.0. The van der Waals surface area contributed by atoms with Crippen LogP contribution in [-0.2, 0) is 0 Å². The maximum Gasteiger partial charge on any atom is 0.146 e. The number of aromatic nitrogens is 1. The maximum absolute atomic E-state index is 9.59. The van der Waals surface area contributed by atoms with Crippen molar-refractivity contribution >= 4 is 5.82 Å². The molecule has 27 heavy (non-hydrogen) atoms. The third-order valence-corrected chi connectivity index (χ3v) is 6.31. The first-order chi connectivity index (χ1) is 13.0. The van der Waals surface area contributed by atoms with Crippen LogP contribution in [0.5, 0.6) is 0 Å². The molecule has 0 amide bonds. The molecule has 4 heteroatoms. The van der Waals surface area contributed by atoms with Crippen LogP contribution in [0.15, 0.2) is 36.4 Å². The highest BCUT2D eigenvalue weighted by Crippen LogP contribution is 2.46. The van der Waals surface area contributed by atoms with E-state index in [1.807, 2.05) is 12.1 Å². The average molecular weight is 361 g/mol. The van der Waals surface area contributed by atoms with Gasteiger partial charge in [-0.1, -0.05) is 38.1 Å². The molecule has 2 saturated heterocycles. The van der Waals surface area contributed by atoms with Gasteiger partial charge >= 0.3 is 0 Å². The SMILES string of the molecule is Cc1ccccc1[C@@H]1[C@@H]2CN(c3nc(C(C)C)ccc3C#N)C[C@@H]2CN1C. The lowest BCUT2D eigenvalue weighted by molar-refractivity contribution is 0.279. The zero-order valence-electron chi connectivity index (χ0n) is 16.7. The number of aryl methyl sites for hydroxylation is 1. The van der Waals surface area contributed by atoms with Gasteiger partial charge < -0.3 is 4.90 Å². The van der Waals surface area contributed by atoms with Gasteiger partial charge in [-0.25, -0.2) is 4.98 Å². The quantitative estimate of drug-likeness (QED) is 0.826. The Morgan fingerprint density at radius 1 is 1.11 bits per heavy atom. The molecule has 0 aliphatic carbocycles. The third kappa shape index (κ3) is 3.11. The number of anilines is 1. The van der Waals surface area contributed by atoms with Crippen molar-refractivity contribution < 1.29 is 0 Å². The van der Waals surface area contributed by atoms with Crippen LogP contribution in [0.2, 0.25) is 0 Å². The van der Waals surface area contributed by atoms with Gasteiger partial charge in [0.05, 0.1) is 5.56 Å². The van der Waals surface area contributed by atoms with E-state index in [0.29, 0.717) is 29.4 Å². The molecule has 1 aromatic carbocycles. The Bertz CT molecular complexity index is 882. The molecule has 3 heterocycles. The fraction of sp³-hybridized carbons (Fsp3) is 0.478. The van der Waals surface area contributed by atoms with E-state index < -0.39 is 0 Å². The number of likely N-dealkylation sites (tertiary alicyclic amines) is 1. The Kier molecular flexibility index (Phi) is 4.65. The Morgan fingerprint density at radius 2 is 1.89 bits per heavy atom. The lowest BCUT2D eigenvalue weighted by Gasteiger charge is -2.28. The van der Waals surface area contributed by atoms with E-state index >= 15 is 0 Å². The summed E-state index contributed by atoms with van der Waals surface area (Å²) in [7, 11) is 2.25. The van der Waals surface area contributed by atoms with Gasteiger partial charge in [0.25, 0.3) is 0 Å². The largest absolute Gasteiger partial charge is 0.355 e. The summed E-state index contributed by atoms with van der Waals surface area (Å²) in [4.78, 5) is 9.75. The summed E-state index contributed by atoms with van der Waals surface area (Å²) in [6.45, 7) is 9.58. The summed E-state index contributed by atoms with van der Waals surface area (Å²) in [6, 6.07) is 15.5. The predicted octanol–water partition coefficient (Wildman–Crippen LogP) is 4.12. The van der Waals surface area contributed by atoms with Gasteiger partial charge in [-0.2, -0.15) is 5.26 Å². The monoisotopic (exact) mass is 360 g/mol. The van der Waals surface area contributed by atoms with Crippen molar-refractivity contribution in [2.75, 3.05) is 31.6 Å². The Hall–Kier alpha value is -2.38. The summed E-state index contributed by atoms with van der Waals surface area (Å²) in [5, 5.41) is 9.59. The van der Waals surface area contributed by atoms with Crippen LogP contribution in [0.3, 0.4) is 0 Å². The molecule has 4 rings (SSSR count). The standard InChI is InChI=1S/C23H28N4/c1-15(2)21-10-9-17(11-24)23(25-21)27-13-18-12-26(4)22(20(18)14-27)19-8-6-5-7-16(19)3/h5-10,15,18,20,22H,12-14H2,1-4H3/t18-,20+,22+/m0/s1. The molecular formula is C23H28N4. The van der Waals surface area contributed by atoms with Crippen LogP contribution in [0.25, 0.3) is 0 Å². The number of hydrogen-bond donors (Lipinski definition) is 0. The van der Waals surface area contributed by atoms with Crippen LogP contribution in [-0.4, -0.2) is 36.6 Å². The van der Waals surface area contributed by atoms with Crippen molar-refractivity contribution in [3.05, 3.63) is 58.8 Å². The van der Waals surface area contributed by atoms with Crippen LogP contribution in [0.4, 0.5) is 5.82 Å². The van der Waals surface area contributed by atoms with Crippen LogP contribution < -0.4 is 4.90 Å². The summed E-state index contributed by atoms with van der Waals surface area (Å²) in [5.41, 5.74) is 4.57. The first-order valence-corrected chi connectivity index (χ1v) is 9.91. The number of pyridine rings is 1. The second-order valence-electron chi connectivity index (χ2n) is 8.44. The fourth-order valence-electron chi connectivity index (χ4n) is 4.93. The smallest absolute Gasteiger partial charge is 0.146 e. The van der Waals surface area contributed by atoms with Crippen molar-refractivity contribution in [2.24, 2.45) is 11.8 Å². The molecule has 1 aromatic heterocycles. The number of nitriles is 1. The van der Waals surface area contributed by atoms with E-state index in [4.69, 9.17) is 4.98 Å². The molecule has 4 nitrogen and oxygen atoms in total. The fourth-order valence-corrected chi connectivity index (χ4v) is 4.93. The van der Waals surface area contributed by atoms with E-state index in [2.05, 4.69) is 68.0 Å². The first-order valence-electron chi connectivity index (χ1n) is 9.91. The molecule has 2 fully saturated rings. The Morgan fingerprint density at radius 3 is 2.59 bits per heavy atom. The molecule has 2 aliphatic rings. The summed E-state index contributed by atoms with van der Waals surface area (Å²) in [5.74, 6) is 2.44. The van der Waals surface area contributed by atoms with Crippen LogP contribution >= 0.6 is 0 Å². The molecule has 0 bridgehead atoms. The number of benzene rings is 1. The molecule has 140 valence electrons. The van der Waals surface area contributed by atoms with Crippen molar-refractivity contribution in [1.82, 2.24) is 9.88 Å². The zero-order chi connectivity index (χ0) is 19.1. The van der Waals surface area contributed by atoms with E-state index in [0.717, 1.165) is 31.1 Å². The van der Waals surface area contributed by atoms with E-state index in [9.17, 15) is 5.26 Å². The third-order valence-electron chi connectivity index (χ3n) is 6.31. The molecule has 3 atom stereocenters. The molecule has 0 spiro atoms. The van der Waals surface area contributed by atoms with E-state index in [-0.39, 0.29) is 0 Å². The van der Waals surface area contributed by atoms with Gasteiger partial charge in [0, 0.05) is 37.3 Å². The van der Waals surface area contributed by atoms with Gasteiger partial charge in [-0.15, -0.1) is 0 Å². The highest BCUT2D eigenvalue weighted by Gasteiger charge is 2.47. The maximum atomic E-state index is 9.59. The lowest BCUT2D eigenvalue weighted by atomic mass is 9.88. The highest BCUT2D eigenvalue weighted by atomic mass is 15.3. The van der Waals surface area contributed by atoms with Crippen LogP contribution in [0, 0.1) is 30.1 Å². The lowest BCUT2D eigenvalue weighted by Crippen LogP contribution is -2.30. The van der Waals surface area contributed by atoms with Gasteiger partial charge in [0.2, 0.25) is 0 Å². The molecule has 2 aliphatic heterocycles. The summed E-state index contributed by atoms with van der Waals surface area (Å²) in [6.07, 6.45) is 0. The second kappa shape index (κ2) is 6.98. The van der Waals surface area contributed by atoms with Gasteiger partial charge in [0.1, 0.15) is 11.9 Å². The Labute approximate surface area is 162 Å². The summed E-state index contributed by atoms with van der Waals surface area (Å²) < 4.78 is 0. The normalized spacial score (nSPS) is 25.0.